The number of aliphatic carboxylic acids is 1. The van der Waals surface area contributed by atoms with Gasteiger partial charge in [0.15, 0.2) is 16.6 Å². The minimum absolute atomic E-state index is 0.0878. The minimum Gasteiger partial charge on any atom is -0.481 e. The van der Waals surface area contributed by atoms with Crippen LogP contribution >= 0.6 is 11.3 Å². The first-order chi connectivity index (χ1) is 18.3. The average molecular weight is 542 g/mol. The van der Waals surface area contributed by atoms with E-state index < -0.39 is 11.9 Å². The number of rotatable bonds is 8. The smallest absolute Gasteiger partial charge is 0.307 e. The number of hydrogen-bond donors (Lipinski definition) is 1. The molecule has 0 fully saturated rings. The van der Waals surface area contributed by atoms with Gasteiger partial charge in [0.2, 0.25) is 0 Å². The van der Waals surface area contributed by atoms with Crippen molar-refractivity contribution >= 4 is 23.1 Å². The van der Waals surface area contributed by atoms with E-state index in [2.05, 4.69) is 80.8 Å². The molecular formula is C32H35N3O3S. The number of ketones is 1. The largest absolute Gasteiger partial charge is 0.481 e. The van der Waals surface area contributed by atoms with Crippen LogP contribution in [0.15, 0.2) is 67.1 Å². The summed E-state index contributed by atoms with van der Waals surface area (Å²) in [5, 5.41) is 10.2. The fourth-order valence-electron chi connectivity index (χ4n) is 4.17. The number of nitrogens with zero attached hydrogens (tertiary/aromatic N) is 3. The molecule has 0 amide bonds. The monoisotopic (exact) mass is 541 g/mol. The molecule has 0 aliphatic carbocycles. The first kappa shape index (κ1) is 28.3. The second-order valence-corrected chi connectivity index (χ2v) is 13.0. The van der Waals surface area contributed by atoms with Crippen LogP contribution < -0.4 is 0 Å². The highest BCUT2D eigenvalue weighted by molar-refractivity contribution is 7.13. The van der Waals surface area contributed by atoms with E-state index in [0.717, 1.165) is 27.1 Å². The molecule has 0 radical (unpaired) electrons. The third kappa shape index (κ3) is 7.03. The number of carbonyl (C=O) groups is 2. The highest BCUT2D eigenvalue weighted by Gasteiger charge is 2.26. The third-order valence-electron chi connectivity index (χ3n) is 6.69. The molecule has 6 nitrogen and oxygen atoms in total. The summed E-state index contributed by atoms with van der Waals surface area (Å²) in [5.74, 6) is -1.46. The van der Waals surface area contributed by atoms with E-state index in [4.69, 9.17) is 0 Å². The molecule has 4 aromatic rings. The van der Waals surface area contributed by atoms with Crippen LogP contribution in [0.5, 0.6) is 0 Å². The predicted octanol–water partition coefficient (Wildman–Crippen LogP) is 7.38. The van der Waals surface area contributed by atoms with Gasteiger partial charge in [0.05, 0.1) is 5.92 Å². The lowest BCUT2D eigenvalue weighted by atomic mass is 9.86. The van der Waals surface area contributed by atoms with Crippen LogP contribution in [0.4, 0.5) is 0 Å². The Balaban J connectivity index is 1.42. The Hall–Kier alpha value is -3.71. The Morgan fingerprint density at radius 3 is 1.87 bits per heavy atom. The summed E-state index contributed by atoms with van der Waals surface area (Å²) in [6, 6.07) is 16.0. The molecule has 2 aromatic heterocycles. The molecule has 2 heterocycles. The van der Waals surface area contributed by atoms with Crippen molar-refractivity contribution in [1.29, 1.82) is 0 Å². The molecule has 1 atom stereocenters. The van der Waals surface area contributed by atoms with Crippen molar-refractivity contribution in [2.45, 2.75) is 65.2 Å². The van der Waals surface area contributed by atoms with Crippen molar-refractivity contribution in [2.75, 3.05) is 0 Å². The Labute approximate surface area is 234 Å². The van der Waals surface area contributed by atoms with Crippen molar-refractivity contribution in [3.63, 3.8) is 0 Å². The Bertz CT molecular complexity index is 1440. The van der Waals surface area contributed by atoms with Crippen LogP contribution in [-0.2, 0) is 22.0 Å². The van der Waals surface area contributed by atoms with Crippen molar-refractivity contribution in [3.8, 4) is 22.5 Å². The van der Waals surface area contributed by atoms with E-state index in [1.165, 1.54) is 16.9 Å². The summed E-state index contributed by atoms with van der Waals surface area (Å²) >= 11 is 1.34. The van der Waals surface area contributed by atoms with Crippen LogP contribution in [0.2, 0.25) is 0 Å². The SMILES string of the molecule is CC(C)(C)c1ccc(-c2cnc(-c3ccc(C[C@H](CC(=O)c4ncc(C(C)(C)C)s4)C(=O)O)cc3)nc2)cc1. The molecule has 4 rings (SSSR count). The number of benzene rings is 2. The van der Waals surface area contributed by atoms with Crippen LogP contribution in [0, 0.1) is 5.92 Å². The van der Waals surface area contributed by atoms with Gasteiger partial charge in [-0.25, -0.2) is 15.0 Å². The quantitative estimate of drug-likeness (QED) is 0.234. The maximum atomic E-state index is 12.8. The fourth-order valence-corrected chi connectivity index (χ4v) is 5.09. The summed E-state index contributed by atoms with van der Waals surface area (Å²) in [7, 11) is 0. The average Bonchev–Trinajstić information content (AvgIpc) is 3.40. The summed E-state index contributed by atoms with van der Waals surface area (Å²) in [5.41, 5.74) is 4.95. The van der Waals surface area contributed by atoms with Crippen LogP contribution in [0.25, 0.3) is 22.5 Å². The van der Waals surface area contributed by atoms with Gasteiger partial charge in [-0.2, -0.15) is 0 Å². The molecule has 1 N–H and O–H groups in total. The van der Waals surface area contributed by atoms with Crippen molar-refractivity contribution in [2.24, 2.45) is 5.92 Å². The summed E-state index contributed by atoms with van der Waals surface area (Å²) in [4.78, 5) is 39.1. The Morgan fingerprint density at radius 1 is 0.769 bits per heavy atom. The zero-order valence-electron chi connectivity index (χ0n) is 23.4. The normalized spacial score (nSPS) is 12.8. The van der Waals surface area contributed by atoms with Gasteiger partial charge in [-0.05, 0) is 33.9 Å². The maximum absolute atomic E-state index is 12.8. The topological polar surface area (TPSA) is 93.0 Å². The number of carboxylic acids is 1. The first-order valence-corrected chi connectivity index (χ1v) is 13.9. The van der Waals surface area contributed by atoms with Gasteiger partial charge in [-0.1, -0.05) is 90.1 Å². The second kappa shape index (κ2) is 11.2. The molecule has 0 saturated heterocycles. The molecule has 0 bridgehead atoms. The fraction of sp³-hybridized carbons (Fsp3) is 0.344. The van der Waals surface area contributed by atoms with E-state index in [-0.39, 0.29) is 29.5 Å². The highest BCUT2D eigenvalue weighted by atomic mass is 32.1. The number of hydrogen-bond acceptors (Lipinski definition) is 6. The lowest BCUT2D eigenvalue weighted by Gasteiger charge is -2.19. The molecule has 0 spiro atoms. The molecule has 0 unspecified atom stereocenters. The van der Waals surface area contributed by atoms with Crippen molar-refractivity contribution in [1.82, 2.24) is 15.0 Å². The van der Waals surface area contributed by atoms with Crippen LogP contribution in [0.3, 0.4) is 0 Å². The van der Waals surface area contributed by atoms with Gasteiger partial charge in [0.1, 0.15) is 0 Å². The van der Waals surface area contributed by atoms with Gasteiger partial charge in [-0.3, -0.25) is 9.59 Å². The minimum atomic E-state index is -0.991. The highest BCUT2D eigenvalue weighted by Crippen LogP contribution is 2.30. The molecular weight excluding hydrogens is 506 g/mol. The summed E-state index contributed by atoms with van der Waals surface area (Å²) < 4.78 is 0. The van der Waals surface area contributed by atoms with Gasteiger partial charge in [-0.15, -0.1) is 11.3 Å². The number of carbonyl (C=O) groups excluding carboxylic acids is 1. The molecule has 39 heavy (non-hydrogen) atoms. The molecule has 0 saturated carbocycles. The molecule has 7 heteroatoms. The van der Waals surface area contributed by atoms with Gasteiger partial charge in [0.25, 0.3) is 0 Å². The Kier molecular flexibility index (Phi) is 8.12. The third-order valence-corrected chi connectivity index (χ3v) is 8.16. The van der Waals surface area contributed by atoms with E-state index in [1.807, 2.05) is 36.7 Å². The van der Waals surface area contributed by atoms with E-state index >= 15 is 0 Å². The molecule has 0 aliphatic heterocycles. The molecule has 202 valence electrons. The second-order valence-electron chi connectivity index (χ2n) is 12.0. The molecule has 0 aliphatic rings. The van der Waals surface area contributed by atoms with Crippen molar-refractivity contribution in [3.05, 3.63) is 88.1 Å². The molecule has 2 aromatic carbocycles. The van der Waals surface area contributed by atoms with E-state index in [9.17, 15) is 14.7 Å². The van der Waals surface area contributed by atoms with Gasteiger partial charge >= 0.3 is 5.97 Å². The first-order valence-electron chi connectivity index (χ1n) is 13.1. The number of carboxylic acid groups (broad SMARTS) is 1. The zero-order chi connectivity index (χ0) is 28.4. The van der Waals surface area contributed by atoms with E-state index in [1.54, 1.807) is 6.20 Å². The Morgan fingerprint density at radius 2 is 1.36 bits per heavy atom. The summed E-state index contributed by atoms with van der Waals surface area (Å²) in [6.07, 6.45) is 5.51. The summed E-state index contributed by atoms with van der Waals surface area (Å²) in [6.45, 7) is 12.8. The van der Waals surface area contributed by atoms with Gasteiger partial charge in [0, 0.05) is 41.0 Å². The number of thiazole rings is 1. The van der Waals surface area contributed by atoms with Gasteiger partial charge < -0.3 is 5.11 Å². The van der Waals surface area contributed by atoms with Crippen LogP contribution in [0.1, 0.15) is 73.8 Å². The van der Waals surface area contributed by atoms with Crippen LogP contribution in [-0.4, -0.2) is 31.8 Å². The number of aromatic nitrogens is 3. The van der Waals surface area contributed by atoms with E-state index in [0.29, 0.717) is 10.8 Å². The standard InChI is InChI=1S/C32H35N3O3S/c1-31(2,3)25-13-11-21(12-14-25)24-17-33-28(34-18-24)22-9-7-20(8-10-22)15-23(30(37)38)16-26(36)29-35-19-27(39-29)32(4,5)6/h7-14,17-19,23H,15-16H2,1-6H3,(H,37,38)/t23-/m1/s1. The number of Topliss-reactive ketones (excluding diaryl/α,β-unsaturated/α-hetero) is 1. The zero-order valence-corrected chi connectivity index (χ0v) is 24.2. The maximum Gasteiger partial charge on any atom is 0.307 e. The lowest BCUT2D eigenvalue weighted by Crippen LogP contribution is -2.20. The van der Waals surface area contributed by atoms with Crippen molar-refractivity contribution < 1.29 is 14.7 Å². The lowest BCUT2D eigenvalue weighted by molar-refractivity contribution is -0.141. The predicted molar refractivity (Wildman–Crippen MR) is 156 cm³/mol.